The number of thiophene rings is 1. The fourth-order valence-electron chi connectivity index (χ4n) is 2.98. The lowest BCUT2D eigenvalue weighted by atomic mass is 9.90. The monoisotopic (exact) mass is 395 g/mol. The third kappa shape index (κ3) is 4.13. The number of hydrogen-bond donors (Lipinski definition) is 1. The Morgan fingerprint density at radius 2 is 2.23 bits per heavy atom. The number of nitrogens with two attached hydrogens (primary N) is 1. The van der Waals surface area contributed by atoms with E-state index in [0.717, 1.165) is 35.2 Å². The van der Waals surface area contributed by atoms with Gasteiger partial charge < -0.3 is 15.2 Å². The van der Waals surface area contributed by atoms with Crippen LogP contribution in [0.4, 0.5) is 5.82 Å². The average Bonchev–Trinajstić information content (AvgIpc) is 2.96. The molecule has 0 unspecified atom stereocenters. The first-order valence-electron chi connectivity index (χ1n) is 8.96. The van der Waals surface area contributed by atoms with E-state index in [1.807, 2.05) is 6.92 Å². The molecule has 1 aliphatic rings. The maximum absolute atomic E-state index is 11.4. The first-order valence-corrected chi connectivity index (χ1v) is 10.8. The van der Waals surface area contributed by atoms with Crippen LogP contribution in [0.1, 0.15) is 50.5 Å². The number of nitrogen functional groups attached to an aromatic ring is 1. The number of carbonyl (C=O) groups excluding carboxylic acids is 1. The van der Waals surface area contributed by atoms with E-state index < -0.39 is 0 Å². The number of ether oxygens (including phenoxy) is 2. The summed E-state index contributed by atoms with van der Waals surface area (Å²) in [5.41, 5.74) is 7.38. The Labute approximate surface area is 161 Å². The number of rotatable bonds is 7. The highest BCUT2D eigenvalue weighted by atomic mass is 32.2. The summed E-state index contributed by atoms with van der Waals surface area (Å²) >= 11 is 3.17. The smallest absolute Gasteiger partial charge is 0.305 e. The molecular weight excluding hydrogens is 370 g/mol. The standard InChI is InChI=1S/C18H25N3O3S2/c1-4-18(3)9-11-12(10-24-18)26-16-14(11)15(19)20-17(21-16)25-8-6-7-13(22)23-5-2/h4-10H2,1-3H3,(H2,19,20,21)/t18-/m0/s1. The summed E-state index contributed by atoms with van der Waals surface area (Å²) in [5.74, 6) is 1.14. The van der Waals surface area contributed by atoms with Gasteiger partial charge in [0.2, 0.25) is 0 Å². The Kier molecular flexibility index (Phi) is 6.04. The molecule has 0 saturated heterocycles. The van der Waals surface area contributed by atoms with E-state index in [-0.39, 0.29) is 11.6 Å². The summed E-state index contributed by atoms with van der Waals surface area (Å²) in [6, 6.07) is 0. The van der Waals surface area contributed by atoms with Crippen LogP contribution >= 0.6 is 23.1 Å². The van der Waals surface area contributed by atoms with Gasteiger partial charge in [0.1, 0.15) is 10.6 Å². The summed E-state index contributed by atoms with van der Waals surface area (Å²) in [4.78, 5) is 22.7. The number of esters is 1. The van der Waals surface area contributed by atoms with Gasteiger partial charge in [-0.3, -0.25) is 4.79 Å². The summed E-state index contributed by atoms with van der Waals surface area (Å²) in [6.45, 7) is 7.14. The Hall–Kier alpha value is -1.38. The van der Waals surface area contributed by atoms with Crippen LogP contribution in [0.3, 0.4) is 0 Å². The molecule has 0 fully saturated rings. The predicted molar refractivity (Wildman–Crippen MR) is 106 cm³/mol. The van der Waals surface area contributed by atoms with E-state index in [0.29, 0.717) is 30.6 Å². The number of anilines is 1. The second kappa shape index (κ2) is 8.10. The van der Waals surface area contributed by atoms with Crippen molar-refractivity contribution in [3.8, 4) is 0 Å². The van der Waals surface area contributed by atoms with Crippen molar-refractivity contribution in [3.05, 3.63) is 10.4 Å². The number of hydrogen-bond acceptors (Lipinski definition) is 8. The van der Waals surface area contributed by atoms with Crippen molar-refractivity contribution < 1.29 is 14.3 Å². The largest absolute Gasteiger partial charge is 0.466 e. The van der Waals surface area contributed by atoms with Crippen LogP contribution in [-0.4, -0.2) is 33.9 Å². The molecule has 3 heterocycles. The zero-order valence-corrected chi connectivity index (χ0v) is 17.1. The molecule has 142 valence electrons. The second-order valence-electron chi connectivity index (χ2n) is 6.60. The fraction of sp³-hybridized carbons (Fsp3) is 0.611. The minimum atomic E-state index is -0.158. The molecule has 2 aromatic heterocycles. The van der Waals surface area contributed by atoms with Crippen LogP contribution in [0.15, 0.2) is 5.16 Å². The Bertz CT molecular complexity index is 809. The molecular formula is C18H25N3O3S2. The highest BCUT2D eigenvalue weighted by molar-refractivity contribution is 7.99. The first kappa shape index (κ1) is 19.4. The normalized spacial score (nSPS) is 19.5. The maximum Gasteiger partial charge on any atom is 0.305 e. The number of fused-ring (bicyclic) bond motifs is 3. The fourth-order valence-corrected chi connectivity index (χ4v) is 4.94. The van der Waals surface area contributed by atoms with E-state index in [2.05, 4.69) is 23.8 Å². The van der Waals surface area contributed by atoms with Crippen molar-refractivity contribution in [2.75, 3.05) is 18.1 Å². The number of thioether (sulfide) groups is 1. The van der Waals surface area contributed by atoms with Gasteiger partial charge in [-0.2, -0.15) is 0 Å². The number of carbonyl (C=O) groups is 1. The van der Waals surface area contributed by atoms with E-state index >= 15 is 0 Å². The lowest BCUT2D eigenvalue weighted by molar-refractivity contribution is -0.143. The van der Waals surface area contributed by atoms with E-state index in [1.165, 1.54) is 22.2 Å². The van der Waals surface area contributed by atoms with Gasteiger partial charge in [-0.15, -0.1) is 11.3 Å². The Balaban J connectivity index is 1.72. The molecule has 0 radical (unpaired) electrons. The molecule has 2 aromatic rings. The molecule has 0 bridgehead atoms. The average molecular weight is 396 g/mol. The summed E-state index contributed by atoms with van der Waals surface area (Å²) in [5, 5.41) is 1.65. The molecule has 3 rings (SSSR count). The zero-order valence-electron chi connectivity index (χ0n) is 15.5. The molecule has 0 spiro atoms. The van der Waals surface area contributed by atoms with Gasteiger partial charge in [0.15, 0.2) is 5.16 Å². The van der Waals surface area contributed by atoms with Gasteiger partial charge in [0, 0.05) is 23.5 Å². The van der Waals surface area contributed by atoms with Gasteiger partial charge >= 0.3 is 5.97 Å². The van der Waals surface area contributed by atoms with Gasteiger partial charge in [0.25, 0.3) is 0 Å². The van der Waals surface area contributed by atoms with Crippen LogP contribution in [-0.2, 0) is 27.3 Å². The van der Waals surface area contributed by atoms with Crippen LogP contribution in [0.2, 0.25) is 0 Å². The van der Waals surface area contributed by atoms with Crippen molar-refractivity contribution in [2.45, 2.75) is 63.8 Å². The SMILES string of the molecule is CCOC(=O)CCCSc1nc(N)c2c3c(sc2n1)CO[C@@](C)(CC)C3. The van der Waals surface area contributed by atoms with Gasteiger partial charge in [-0.25, -0.2) is 9.97 Å². The molecule has 1 aliphatic heterocycles. The van der Waals surface area contributed by atoms with Crippen LogP contribution in [0.25, 0.3) is 10.2 Å². The van der Waals surface area contributed by atoms with E-state index in [9.17, 15) is 4.79 Å². The lowest BCUT2D eigenvalue weighted by Crippen LogP contribution is -2.33. The van der Waals surface area contributed by atoms with Gasteiger partial charge in [-0.1, -0.05) is 18.7 Å². The van der Waals surface area contributed by atoms with Crippen molar-refractivity contribution in [1.29, 1.82) is 0 Å². The third-order valence-corrected chi connectivity index (χ3v) is 6.69. The lowest BCUT2D eigenvalue weighted by Gasteiger charge is -2.33. The zero-order chi connectivity index (χ0) is 18.7. The summed E-state index contributed by atoms with van der Waals surface area (Å²) in [7, 11) is 0. The minimum Gasteiger partial charge on any atom is -0.466 e. The van der Waals surface area contributed by atoms with Gasteiger partial charge in [-0.05, 0) is 32.3 Å². The van der Waals surface area contributed by atoms with Crippen LogP contribution < -0.4 is 5.73 Å². The first-order chi connectivity index (χ1) is 12.5. The molecule has 6 nitrogen and oxygen atoms in total. The van der Waals surface area contributed by atoms with Crippen LogP contribution in [0, 0.1) is 0 Å². The van der Waals surface area contributed by atoms with Crippen molar-refractivity contribution in [1.82, 2.24) is 9.97 Å². The van der Waals surface area contributed by atoms with Crippen molar-refractivity contribution in [2.24, 2.45) is 0 Å². The van der Waals surface area contributed by atoms with Crippen molar-refractivity contribution in [3.63, 3.8) is 0 Å². The molecule has 1 atom stereocenters. The third-order valence-electron chi connectivity index (χ3n) is 4.65. The van der Waals surface area contributed by atoms with Crippen molar-refractivity contribution >= 4 is 45.1 Å². The Morgan fingerprint density at radius 3 is 2.96 bits per heavy atom. The van der Waals surface area contributed by atoms with Crippen LogP contribution in [0.5, 0.6) is 0 Å². The maximum atomic E-state index is 11.4. The molecule has 0 aromatic carbocycles. The number of aromatic nitrogens is 2. The quantitative estimate of drug-likeness (QED) is 0.329. The number of nitrogens with zero attached hydrogens (tertiary/aromatic N) is 2. The molecule has 26 heavy (non-hydrogen) atoms. The molecule has 2 N–H and O–H groups in total. The molecule has 0 aliphatic carbocycles. The van der Waals surface area contributed by atoms with E-state index in [4.69, 9.17) is 15.2 Å². The van der Waals surface area contributed by atoms with E-state index in [1.54, 1.807) is 11.3 Å². The highest BCUT2D eigenvalue weighted by Gasteiger charge is 2.32. The Morgan fingerprint density at radius 1 is 1.42 bits per heavy atom. The topological polar surface area (TPSA) is 87.3 Å². The second-order valence-corrected chi connectivity index (χ2v) is 8.75. The highest BCUT2D eigenvalue weighted by Crippen LogP contribution is 2.41. The van der Waals surface area contributed by atoms with Gasteiger partial charge in [0.05, 0.1) is 24.2 Å². The molecule has 0 saturated carbocycles. The summed E-state index contributed by atoms with van der Waals surface area (Å²) < 4.78 is 11.0. The minimum absolute atomic E-state index is 0.145. The molecule has 8 heteroatoms. The predicted octanol–water partition coefficient (Wildman–Crippen LogP) is 3.95. The molecule has 0 amide bonds. The summed E-state index contributed by atoms with van der Waals surface area (Å²) in [6.07, 6.45) is 2.95.